The lowest BCUT2D eigenvalue weighted by molar-refractivity contribution is -0.384. The summed E-state index contributed by atoms with van der Waals surface area (Å²) >= 11 is 0.790. The van der Waals surface area contributed by atoms with Gasteiger partial charge in [-0.25, -0.2) is 0 Å². The van der Waals surface area contributed by atoms with Crippen molar-refractivity contribution in [3.8, 4) is 11.5 Å². The topological polar surface area (TPSA) is 119 Å². The van der Waals surface area contributed by atoms with Crippen LogP contribution in [-0.4, -0.2) is 58.5 Å². The highest BCUT2D eigenvalue weighted by atomic mass is 32.2. The minimum absolute atomic E-state index is 0.0317. The number of nitrogens with zero attached hydrogens (tertiary/aromatic N) is 3. The van der Waals surface area contributed by atoms with E-state index < -0.39 is 16.1 Å². The third-order valence-corrected chi connectivity index (χ3v) is 7.07. The van der Waals surface area contributed by atoms with Crippen LogP contribution >= 0.6 is 11.8 Å². The number of ether oxygens (including phenoxy) is 2. The summed E-state index contributed by atoms with van der Waals surface area (Å²) in [7, 11) is 1.48. The van der Waals surface area contributed by atoms with Gasteiger partial charge >= 0.3 is 0 Å². The second-order valence-corrected chi connectivity index (χ2v) is 9.77. The Morgan fingerprint density at radius 3 is 2.66 bits per heavy atom. The Kier molecular flexibility index (Phi) is 8.47. The second-order valence-electron chi connectivity index (χ2n) is 8.78. The van der Waals surface area contributed by atoms with Gasteiger partial charge in [-0.3, -0.25) is 29.4 Å². The molecule has 11 heteroatoms. The number of benzene rings is 2. The van der Waals surface area contributed by atoms with Gasteiger partial charge in [0.15, 0.2) is 11.5 Å². The SMILES string of the molecule is C=CCc1cc(/C=C2/SC(=O)N(CC(=O)N3CCCC3)C2=O)cc(OC)c1OCc1cccc([N+](=O)[O-])c1. The van der Waals surface area contributed by atoms with E-state index >= 15 is 0 Å². The van der Waals surface area contributed by atoms with Crippen LogP contribution in [0.2, 0.25) is 0 Å². The van der Waals surface area contributed by atoms with Crippen LogP contribution in [0.1, 0.15) is 29.5 Å². The minimum atomic E-state index is -0.511. The van der Waals surface area contributed by atoms with Gasteiger partial charge in [0, 0.05) is 30.8 Å². The fraction of sp³-hybridized carbons (Fsp3) is 0.296. The number of allylic oxidation sites excluding steroid dienone is 1. The zero-order valence-electron chi connectivity index (χ0n) is 20.9. The van der Waals surface area contributed by atoms with E-state index in [1.165, 1.54) is 19.2 Å². The standard InChI is InChI=1S/C27H27N3O7S/c1-3-7-20-12-19(14-22(36-2)25(20)37-17-18-8-6-9-21(13-18)30(34)35)15-23-26(32)29(27(33)38-23)16-24(31)28-10-4-5-11-28/h3,6,8-9,12-15H,1,4-5,7,10-11,16-17H2,2H3/b23-15+. The molecule has 0 spiro atoms. The molecule has 0 aliphatic carbocycles. The summed E-state index contributed by atoms with van der Waals surface area (Å²) in [5, 5.41) is 10.6. The van der Waals surface area contributed by atoms with Gasteiger partial charge in [0.25, 0.3) is 16.8 Å². The summed E-state index contributed by atoms with van der Waals surface area (Å²) in [5.41, 5.74) is 1.92. The lowest BCUT2D eigenvalue weighted by Gasteiger charge is -2.18. The molecule has 4 rings (SSSR count). The van der Waals surface area contributed by atoms with Crippen molar-refractivity contribution in [2.75, 3.05) is 26.7 Å². The molecule has 2 fully saturated rings. The summed E-state index contributed by atoms with van der Waals surface area (Å²) < 4.78 is 11.6. The molecule has 38 heavy (non-hydrogen) atoms. The predicted molar refractivity (Wildman–Crippen MR) is 143 cm³/mol. The number of non-ortho nitro benzene ring substituents is 1. The van der Waals surface area contributed by atoms with E-state index in [9.17, 15) is 24.5 Å². The Morgan fingerprint density at radius 1 is 1.21 bits per heavy atom. The molecule has 0 saturated carbocycles. The third kappa shape index (κ3) is 6.05. The quantitative estimate of drug-likeness (QED) is 0.187. The average molecular weight is 538 g/mol. The summed E-state index contributed by atoms with van der Waals surface area (Å²) in [4.78, 5) is 51.5. The van der Waals surface area contributed by atoms with Crippen molar-refractivity contribution < 1.29 is 28.8 Å². The molecular weight excluding hydrogens is 510 g/mol. The Labute approximate surface area is 224 Å². The van der Waals surface area contributed by atoms with Crippen LogP contribution in [0.3, 0.4) is 0 Å². The predicted octanol–water partition coefficient (Wildman–Crippen LogP) is 4.57. The van der Waals surface area contributed by atoms with Crippen molar-refractivity contribution in [1.82, 2.24) is 9.80 Å². The molecule has 0 radical (unpaired) electrons. The van der Waals surface area contributed by atoms with Crippen LogP contribution in [0.15, 0.2) is 54.0 Å². The maximum Gasteiger partial charge on any atom is 0.294 e. The fourth-order valence-corrected chi connectivity index (χ4v) is 5.13. The Bertz CT molecular complexity index is 1320. The van der Waals surface area contributed by atoms with Crippen molar-refractivity contribution >= 4 is 40.6 Å². The van der Waals surface area contributed by atoms with Gasteiger partial charge in [0.2, 0.25) is 5.91 Å². The maximum atomic E-state index is 13.0. The van der Waals surface area contributed by atoms with Crippen molar-refractivity contribution in [2.24, 2.45) is 0 Å². The number of imide groups is 1. The van der Waals surface area contributed by atoms with Gasteiger partial charge in [0.1, 0.15) is 13.2 Å². The number of amides is 3. The first-order valence-electron chi connectivity index (χ1n) is 12.0. The summed E-state index contributed by atoms with van der Waals surface area (Å²) in [5.74, 6) is 0.0962. The number of hydrogen-bond donors (Lipinski definition) is 0. The van der Waals surface area contributed by atoms with Gasteiger partial charge in [-0.15, -0.1) is 6.58 Å². The van der Waals surface area contributed by atoms with Gasteiger partial charge in [0.05, 0.1) is 16.9 Å². The first-order chi connectivity index (χ1) is 18.3. The number of carbonyl (C=O) groups is 3. The summed E-state index contributed by atoms with van der Waals surface area (Å²) in [6.45, 7) is 4.89. The number of nitro groups is 1. The Morgan fingerprint density at radius 2 is 1.97 bits per heavy atom. The number of likely N-dealkylation sites (tertiary alicyclic amines) is 1. The number of carbonyl (C=O) groups excluding carboxylic acids is 3. The molecule has 3 amide bonds. The largest absolute Gasteiger partial charge is 0.493 e. The minimum Gasteiger partial charge on any atom is -0.493 e. The molecule has 2 heterocycles. The molecule has 0 bridgehead atoms. The lowest BCUT2D eigenvalue weighted by atomic mass is 10.0. The van der Waals surface area contributed by atoms with E-state index in [1.807, 2.05) is 0 Å². The zero-order chi connectivity index (χ0) is 27.2. The highest BCUT2D eigenvalue weighted by Crippen LogP contribution is 2.37. The van der Waals surface area contributed by atoms with Crippen molar-refractivity contribution in [2.45, 2.75) is 25.9 Å². The molecule has 10 nitrogen and oxygen atoms in total. The van der Waals surface area contributed by atoms with E-state index in [0.717, 1.165) is 35.1 Å². The van der Waals surface area contributed by atoms with E-state index in [2.05, 4.69) is 6.58 Å². The average Bonchev–Trinajstić information content (AvgIpc) is 3.53. The van der Waals surface area contributed by atoms with Crippen LogP contribution in [0.5, 0.6) is 11.5 Å². The van der Waals surface area contributed by atoms with Crippen LogP contribution < -0.4 is 9.47 Å². The Balaban J connectivity index is 1.55. The molecular formula is C27H27N3O7S. The molecule has 198 valence electrons. The third-order valence-electron chi connectivity index (χ3n) is 6.17. The number of thioether (sulfide) groups is 1. The van der Waals surface area contributed by atoms with Crippen LogP contribution in [0.25, 0.3) is 6.08 Å². The molecule has 0 aromatic heterocycles. The number of methoxy groups -OCH3 is 1. The fourth-order valence-electron chi connectivity index (χ4n) is 4.29. The van der Waals surface area contributed by atoms with Gasteiger partial charge in [-0.1, -0.05) is 18.2 Å². The van der Waals surface area contributed by atoms with Gasteiger partial charge in [-0.2, -0.15) is 0 Å². The van der Waals surface area contributed by atoms with Crippen molar-refractivity contribution in [3.63, 3.8) is 0 Å². The summed E-state index contributed by atoms with van der Waals surface area (Å²) in [6.07, 6.45) is 5.55. The number of nitro benzene ring substituents is 1. The highest BCUT2D eigenvalue weighted by Gasteiger charge is 2.37. The maximum absolute atomic E-state index is 13.0. The van der Waals surface area contributed by atoms with Crippen molar-refractivity contribution in [3.05, 3.63) is 80.8 Å². The van der Waals surface area contributed by atoms with Crippen molar-refractivity contribution in [1.29, 1.82) is 0 Å². The van der Waals surface area contributed by atoms with E-state index in [4.69, 9.17) is 9.47 Å². The zero-order valence-corrected chi connectivity index (χ0v) is 21.7. The van der Waals surface area contributed by atoms with Gasteiger partial charge < -0.3 is 14.4 Å². The lowest BCUT2D eigenvalue weighted by Crippen LogP contribution is -2.40. The molecule has 2 aromatic rings. The smallest absolute Gasteiger partial charge is 0.294 e. The highest BCUT2D eigenvalue weighted by molar-refractivity contribution is 8.18. The van der Waals surface area contributed by atoms with Crippen LogP contribution in [0.4, 0.5) is 10.5 Å². The molecule has 0 N–H and O–H groups in total. The Hall–Kier alpha value is -4.12. The first kappa shape index (κ1) is 26.9. The number of rotatable bonds is 10. The molecule has 0 unspecified atom stereocenters. The molecule has 2 aliphatic rings. The van der Waals surface area contributed by atoms with E-state index in [1.54, 1.807) is 41.3 Å². The van der Waals surface area contributed by atoms with Crippen LogP contribution in [0, 0.1) is 10.1 Å². The summed E-state index contributed by atoms with van der Waals surface area (Å²) in [6, 6.07) is 9.65. The molecule has 2 aliphatic heterocycles. The normalized spacial score (nSPS) is 16.3. The first-order valence-corrected chi connectivity index (χ1v) is 12.8. The second kappa shape index (κ2) is 12.0. The monoisotopic (exact) mass is 537 g/mol. The van der Waals surface area contributed by atoms with Gasteiger partial charge in [-0.05, 0) is 60.4 Å². The molecule has 2 aromatic carbocycles. The van der Waals surface area contributed by atoms with E-state index in [0.29, 0.717) is 42.1 Å². The number of hydrogen-bond acceptors (Lipinski definition) is 8. The van der Waals surface area contributed by atoms with Crippen LogP contribution in [-0.2, 0) is 22.6 Å². The molecule has 0 atom stereocenters. The van der Waals surface area contributed by atoms with E-state index in [-0.39, 0.29) is 29.7 Å². The molecule has 2 saturated heterocycles.